The standard InChI is InChI=1S/C15H28O6/c1-19-14(18)10-8-6-4-5-7-9-12(16)11-13(17)15(20-2)21-3/h13,15,17H,4-11H2,1-3H3. The van der Waals surface area contributed by atoms with Gasteiger partial charge in [0.25, 0.3) is 0 Å². The molecule has 0 bridgehead atoms. The van der Waals surface area contributed by atoms with E-state index in [0.717, 1.165) is 32.1 Å². The van der Waals surface area contributed by atoms with E-state index in [1.165, 1.54) is 21.3 Å². The van der Waals surface area contributed by atoms with Crippen LogP contribution in [0.3, 0.4) is 0 Å². The Bertz CT molecular complexity index is 288. The fourth-order valence-electron chi connectivity index (χ4n) is 2.07. The van der Waals surface area contributed by atoms with Crippen LogP contribution in [-0.2, 0) is 23.8 Å². The molecule has 6 nitrogen and oxygen atoms in total. The molecule has 0 saturated heterocycles. The fourth-order valence-corrected chi connectivity index (χ4v) is 2.07. The molecule has 0 aliphatic rings. The summed E-state index contributed by atoms with van der Waals surface area (Å²) in [6.07, 6.45) is 3.80. The molecule has 0 heterocycles. The lowest BCUT2D eigenvalue weighted by atomic mass is 10.0. The molecule has 124 valence electrons. The molecule has 1 N–H and O–H groups in total. The van der Waals surface area contributed by atoms with E-state index in [4.69, 9.17) is 9.47 Å². The van der Waals surface area contributed by atoms with Crippen molar-refractivity contribution in [1.29, 1.82) is 0 Å². The Morgan fingerprint density at radius 1 is 0.905 bits per heavy atom. The third kappa shape index (κ3) is 10.4. The second-order valence-corrected chi connectivity index (χ2v) is 4.99. The first-order valence-corrected chi connectivity index (χ1v) is 7.37. The van der Waals surface area contributed by atoms with Crippen LogP contribution in [0.2, 0.25) is 0 Å². The highest BCUT2D eigenvalue weighted by Crippen LogP contribution is 2.11. The van der Waals surface area contributed by atoms with Crippen molar-refractivity contribution in [3.63, 3.8) is 0 Å². The van der Waals surface area contributed by atoms with Crippen molar-refractivity contribution in [1.82, 2.24) is 0 Å². The van der Waals surface area contributed by atoms with Crippen LogP contribution in [0.4, 0.5) is 0 Å². The lowest BCUT2D eigenvalue weighted by Gasteiger charge is -2.19. The predicted molar refractivity (Wildman–Crippen MR) is 77.8 cm³/mol. The Balaban J connectivity index is 3.56. The van der Waals surface area contributed by atoms with Gasteiger partial charge in [-0.3, -0.25) is 9.59 Å². The lowest BCUT2D eigenvalue weighted by molar-refractivity contribution is -0.168. The van der Waals surface area contributed by atoms with E-state index < -0.39 is 12.4 Å². The summed E-state index contributed by atoms with van der Waals surface area (Å²) >= 11 is 0. The fraction of sp³-hybridized carbons (Fsp3) is 0.867. The van der Waals surface area contributed by atoms with Crippen LogP contribution in [0, 0.1) is 0 Å². The smallest absolute Gasteiger partial charge is 0.305 e. The van der Waals surface area contributed by atoms with Crippen LogP contribution in [0.15, 0.2) is 0 Å². The van der Waals surface area contributed by atoms with Gasteiger partial charge in [-0.05, 0) is 12.8 Å². The van der Waals surface area contributed by atoms with Gasteiger partial charge in [0.1, 0.15) is 11.9 Å². The van der Waals surface area contributed by atoms with Gasteiger partial charge in [-0.15, -0.1) is 0 Å². The van der Waals surface area contributed by atoms with Crippen molar-refractivity contribution < 1.29 is 28.9 Å². The molecule has 6 heteroatoms. The van der Waals surface area contributed by atoms with Gasteiger partial charge in [0.2, 0.25) is 0 Å². The molecule has 21 heavy (non-hydrogen) atoms. The normalized spacial score (nSPS) is 12.4. The maximum atomic E-state index is 11.7. The summed E-state index contributed by atoms with van der Waals surface area (Å²) < 4.78 is 14.4. The summed E-state index contributed by atoms with van der Waals surface area (Å²) in [6, 6.07) is 0. The number of unbranched alkanes of at least 4 members (excludes halogenated alkanes) is 4. The van der Waals surface area contributed by atoms with Crippen LogP contribution < -0.4 is 0 Å². The number of methoxy groups -OCH3 is 3. The first kappa shape index (κ1) is 20.0. The van der Waals surface area contributed by atoms with Gasteiger partial charge in [0.05, 0.1) is 7.11 Å². The molecule has 0 rings (SSSR count). The monoisotopic (exact) mass is 304 g/mol. The quantitative estimate of drug-likeness (QED) is 0.317. The van der Waals surface area contributed by atoms with Crippen molar-refractivity contribution >= 4 is 11.8 Å². The maximum absolute atomic E-state index is 11.7. The minimum atomic E-state index is -0.924. The zero-order valence-electron chi connectivity index (χ0n) is 13.3. The highest BCUT2D eigenvalue weighted by molar-refractivity contribution is 5.78. The van der Waals surface area contributed by atoms with Gasteiger partial charge >= 0.3 is 5.97 Å². The van der Waals surface area contributed by atoms with Crippen molar-refractivity contribution in [3.05, 3.63) is 0 Å². The highest BCUT2D eigenvalue weighted by atomic mass is 16.7. The average molecular weight is 304 g/mol. The summed E-state index contributed by atoms with van der Waals surface area (Å²) in [5.74, 6) is -0.166. The van der Waals surface area contributed by atoms with E-state index >= 15 is 0 Å². The Labute approximate surface area is 126 Å². The van der Waals surface area contributed by atoms with Crippen LogP contribution in [-0.4, -0.2) is 50.6 Å². The van der Waals surface area contributed by atoms with Crippen molar-refractivity contribution in [2.45, 2.75) is 63.8 Å². The zero-order valence-corrected chi connectivity index (χ0v) is 13.3. The van der Waals surface area contributed by atoms with Gasteiger partial charge in [0.15, 0.2) is 6.29 Å². The van der Waals surface area contributed by atoms with E-state index in [1.54, 1.807) is 0 Å². The van der Waals surface area contributed by atoms with E-state index in [9.17, 15) is 14.7 Å². The number of hydrogen-bond acceptors (Lipinski definition) is 6. The van der Waals surface area contributed by atoms with Gasteiger partial charge in [-0.1, -0.05) is 19.3 Å². The molecule has 0 radical (unpaired) electrons. The zero-order chi connectivity index (χ0) is 16.1. The molecule has 0 aliphatic carbocycles. The number of hydrogen-bond donors (Lipinski definition) is 1. The molecule has 0 aliphatic heterocycles. The molecule has 1 atom stereocenters. The molecule has 0 saturated carbocycles. The number of aliphatic hydroxyl groups is 1. The molecule has 0 amide bonds. The third-order valence-corrected chi connectivity index (χ3v) is 3.28. The first-order valence-electron chi connectivity index (χ1n) is 7.37. The number of carbonyl (C=O) groups is 2. The average Bonchev–Trinajstić information content (AvgIpc) is 2.47. The number of carbonyl (C=O) groups excluding carboxylic acids is 2. The molecule has 0 fully saturated rings. The van der Waals surface area contributed by atoms with Gasteiger partial charge < -0.3 is 19.3 Å². The largest absolute Gasteiger partial charge is 0.469 e. The second-order valence-electron chi connectivity index (χ2n) is 4.99. The summed E-state index contributed by atoms with van der Waals surface area (Å²) in [5, 5.41) is 9.71. The van der Waals surface area contributed by atoms with Crippen LogP contribution in [0.1, 0.15) is 51.4 Å². The topological polar surface area (TPSA) is 82.1 Å². The summed E-state index contributed by atoms with van der Waals surface area (Å²) in [5.41, 5.74) is 0. The Hall–Kier alpha value is -0.980. The minimum absolute atomic E-state index is 0.0103. The van der Waals surface area contributed by atoms with Crippen molar-refractivity contribution in [3.8, 4) is 0 Å². The van der Waals surface area contributed by atoms with Crippen molar-refractivity contribution in [2.75, 3.05) is 21.3 Å². The van der Waals surface area contributed by atoms with E-state index in [-0.39, 0.29) is 18.2 Å². The Morgan fingerprint density at radius 3 is 1.95 bits per heavy atom. The van der Waals surface area contributed by atoms with Crippen LogP contribution >= 0.6 is 0 Å². The number of rotatable bonds is 13. The molecule has 0 spiro atoms. The second kappa shape index (κ2) is 12.7. The van der Waals surface area contributed by atoms with Crippen LogP contribution in [0.5, 0.6) is 0 Å². The van der Waals surface area contributed by atoms with Crippen LogP contribution in [0.25, 0.3) is 0 Å². The van der Waals surface area contributed by atoms with E-state index in [1.807, 2.05) is 0 Å². The van der Waals surface area contributed by atoms with E-state index in [0.29, 0.717) is 12.8 Å². The Morgan fingerprint density at radius 2 is 1.43 bits per heavy atom. The Kier molecular flexibility index (Phi) is 12.1. The predicted octanol–water partition coefficient (Wildman–Crippen LogP) is 1.83. The number of ether oxygens (including phenoxy) is 3. The lowest BCUT2D eigenvalue weighted by Crippen LogP contribution is -2.31. The molecule has 0 aromatic rings. The minimum Gasteiger partial charge on any atom is -0.469 e. The number of Topliss-reactive ketones (excluding diaryl/α,β-unsaturated/α-hetero) is 1. The first-order chi connectivity index (χ1) is 10.0. The molecule has 0 aromatic carbocycles. The maximum Gasteiger partial charge on any atom is 0.305 e. The van der Waals surface area contributed by atoms with Gasteiger partial charge in [0, 0.05) is 33.5 Å². The SMILES string of the molecule is COC(=O)CCCCCCCC(=O)CC(O)C(OC)OC. The van der Waals surface area contributed by atoms with Gasteiger partial charge in [-0.2, -0.15) is 0 Å². The number of aliphatic hydroxyl groups excluding tert-OH is 1. The third-order valence-electron chi connectivity index (χ3n) is 3.28. The molecule has 1 unspecified atom stereocenters. The van der Waals surface area contributed by atoms with Crippen molar-refractivity contribution in [2.24, 2.45) is 0 Å². The summed E-state index contributed by atoms with van der Waals surface area (Å²) in [7, 11) is 4.24. The highest BCUT2D eigenvalue weighted by Gasteiger charge is 2.20. The molecular formula is C15H28O6. The summed E-state index contributed by atoms with van der Waals surface area (Å²) in [6.45, 7) is 0. The van der Waals surface area contributed by atoms with E-state index in [2.05, 4.69) is 4.74 Å². The number of esters is 1. The molecule has 0 aromatic heterocycles. The molecular weight excluding hydrogens is 276 g/mol. The van der Waals surface area contributed by atoms with Gasteiger partial charge in [-0.25, -0.2) is 0 Å². The number of ketones is 1. The summed E-state index contributed by atoms with van der Waals surface area (Å²) in [4.78, 5) is 22.6.